The number of benzene rings is 1. The lowest BCUT2D eigenvalue weighted by Gasteiger charge is -2.19. The second-order valence-corrected chi connectivity index (χ2v) is 9.14. The Kier molecular flexibility index (Phi) is 7.15. The molecule has 0 bridgehead atoms. The monoisotopic (exact) mass is 499 g/mol. The topological polar surface area (TPSA) is 131 Å². The molecule has 4 amide bonds. The molecule has 4 rings (SSSR count). The third-order valence-electron chi connectivity index (χ3n) is 5.96. The van der Waals surface area contributed by atoms with Crippen LogP contribution in [-0.2, 0) is 23.9 Å². The average molecular weight is 500 g/mol. The van der Waals surface area contributed by atoms with Crippen molar-refractivity contribution in [3.05, 3.63) is 41.3 Å². The van der Waals surface area contributed by atoms with Crippen LogP contribution in [0.2, 0.25) is 0 Å². The number of nitrogens with one attached hydrogen (secondary N) is 2. The Labute approximate surface area is 205 Å². The first-order valence-electron chi connectivity index (χ1n) is 11.3. The fraction of sp³-hybridized carbons (Fsp3) is 0.375. The minimum absolute atomic E-state index is 0.165. The summed E-state index contributed by atoms with van der Waals surface area (Å²) in [5.41, 5.74) is 0.686. The van der Waals surface area contributed by atoms with Crippen LogP contribution < -0.4 is 10.6 Å². The van der Waals surface area contributed by atoms with Crippen molar-refractivity contribution in [2.75, 3.05) is 25.1 Å². The van der Waals surface area contributed by atoms with Gasteiger partial charge in [0, 0.05) is 10.9 Å². The standard InChI is InChI=1S/C24H25N3O7S/c1-2-33-21(30)19-16(15-8-4-3-5-9-15)14-35-20(19)25-17(28)13-34-18(29)12-27-22(31)24(26-23(27)32)10-6-7-11-24/h3-5,8-9,14H,2,6-7,10-13H2,1H3,(H,25,28)(H,26,32). The largest absolute Gasteiger partial charge is 0.462 e. The van der Waals surface area contributed by atoms with Crippen LogP contribution in [0.4, 0.5) is 9.80 Å². The number of rotatable bonds is 8. The Morgan fingerprint density at radius 1 is 1.11 bits per heavy atom. The van der Waals surface area contributed by atoms with Gasteiger partial charge in [-0.2, -0.15) is 0 Å². The summed E-state index contributed by atoms with van der Waals surface area (Å²) in [4.78, 5) is 63.0. The van der Waals surface area contributed by atoms with Crippen LogP contribution >= 0.6 is 11.3 Å². The molecule has 0 unspecified atom stereocenters. The van der Waals surface area contributed by atoms with E-state index in [1.165, 1.54) is 0 Å². The Bertz CT molecular complexity index is 1160. The molecule has 10 nitrogen and oxygen atoms in total. The van der Waals surface area contributed by atoms with Gasteiger partial charge in [0.1, 0.15) is 22.6 Å². The van der Waals surface area contributed by atoms with Gasteiger partial charge >= 0.3 is 18.0 Å². The van der Waals surface area contributed by atoms with Crippen molar-refractivity contribution in [2.45, 2.75) is 38.1 Å². The van der Waals surface area contributed by atoms with Crippen LogP contribution in [0.3, 0.4) is 0 Å². The normalized spacial score (nSPS) is 16.3. The van der Waals surface area contributed by atoms with E-state index in [0.29, 0.717) is 18.4 Å². The molecule has 1 aliphatic heterocycles. The van der Waals surface area contributed by atoms with Crippen molar-refractivity contribution < 1.29 is 33.4 Å². The van der Waals surface area contributed by atoms with Crippen LogP contribution in [0.25, 0.3) is 11.1 Å². The molecule has 2 aromatic rings. The van der Waals surface area contributed by atoms with Crippen LogP contribution in [0.1, 0.15) is 43.0 Å². The lowest BCUT2D eigenvalue weighted by molar-refractivity contribution is -0.150. The molecule has 0 atom stereocenters. The molecule has 2 aliphatic rings. The second kappa shape index (κ2) is 10.3. The number of hydrogen-bond donors (Lipinski definition) is 2. The first-order valence-corrected chi connectivity index (χ1v) is 12.2. The summed E-state index contributed by atoms with van der Waals surface area (Å²) in [6.07, 6.45) is 2.74. The van der Waals surface area contributed by atoms with E-state index in [2.05, 4.69) is 10.6 Å². The van der Waals surface area contributed by atoms with Gasteiger partial charge in [-0.1, -0.05) is 43.2 Å². The number of anilines is 1. The summed E-state index contributed by atoms with van der Waals surface area (Å²) in [5, 5.41) is 7.27. The highest BCUT2D eigenvalue weighted by molar-refractivity contribution is 7.15. The maximum atomic E-state index is 12.6. The van der Waals surface area contributed by atoms with Crippen molar-refractivity contribution >= 4 is 46.1 Å². The van der Waals surface area contributed by atoms with Crippen molar-refractivity contribution in [1.82, 2.24) is 10.2 Å². The molecule has 1 aromatic heterocycles. The summed E-state index contributed by atoms with van der Waals surface area (Å²) in [5.74, 6) is -2.58. The van der Waals surface area contributed by atoms with Crippen molar-refractivity contribution in [1.29, 1.82) is 0 Å². The fourth-order valence-corrected chi connectivity index (χ4v) is 5.28. The number of hydrogen-bond acceptors (Lipinski definition) is 8. The third-order valence-corrected chi connectivity index (χ3v) is 6.86. The second-order valence-electron chi connectivity index (χ2n) is 8.26. The van der Waals surface area contributed by atoms with Gasteiger partial charge in [-0.15, -0.1) is 11.3 Å². The van der Waals surface area contributed by atoms with E-state index in [4.69, 9.17) is 9.47 Å². The highest BCUT2D eigenvalue weighted by atomic mass is 32.1. The Morgan fingerprint density at radius 2 is 1.83 bits per heavy atom. The molecule has 1 aromatic carbocycles. The minimum atomic E-state index is -0.923. The maximum Gasteiger partial charge on any atom is 0.341 e. The fourth-order valence-electron chi connectivity index (χ4n) is 4.31. The maximum absolute atomic E-state index is 12.6. The highest BCUT2D eigenvalue weighted by Gasteiger charge is 2.52. The average Bonchev–Trinajstić information content (AvgIpc) is 3.54. The number of thiophene rings is 1. The molecule has 2 fully saturated rings. The number of carbonyl (C=O) groups excluding carboxylic acids is 5. The number of esters is 2. The van der Waals surface area contributed by atoms with Gasteiger partial charge in [0.15, 0.2) is 6.61 Å². The lowest BCUT2D eigenvalue weighted by atomic mass is 9.98. The molecule has 11 heteroatoms. The van der Waals surface area contributed by atoms with Crippen molar-refractivity contribution in [3.8, 4) is 11.1 Å². The molecule has 184 valence electrons. The first kappa shape index (κ1) is 24.4. The van der Waals surface area contributed by atoms with E-state index in [1.807, 2.05) is 30.3 Å². The molecule has 2 N–H and O–H groups in total. The molecule has 1 saturated carbocycles. The summed E-state index contributed by atoms with van der Waals surface area (Å²) in [6.45, 7) is 0.626. The molecule has 2 heterocycles. The van der Waals surface area contributed by atoms with Crippen molar-refractivity contribution in [2.24, 2.45) is 0 Å². The van der Waals surface area contributed by atoms with E-state index < -0.39 is 48.5 Å². The van der Waals surface area contributed by atoms with Crippen LogP contribution in [0.5, 0.6) is 0 Å². The predicted octanol–water partition coefficient (Wildman–Crippen LogP) is 2.94. The van der Waals surface area contributed by atoms with Crippen LogP contribution in [-0.4, -0.2) is 60.0 Å². The van der Waals surface area contributed by atoms with Gasteiger partial charge in [-0.25, -0.2) is 9.59 Å². The quantitative estimate of drug-likeness (QED) is 0.422. The SMILES string of the molecule is CCOC(=O)c1c(-c2ccccc2)csc1NC(=O)COC(=O)CN1C(=O)NC2(CCCC2)C1=O. The van der Waals surface area contributed by atoms with E-state index in [9.17, 15) is 24.0 Å². The molecular formula is C24H25N3O7S. The molecule has 1 aliphatic carbocycles. The smallest absolute Gasteiger partial charge is 0.341 e. The summed E-state index contributed by atoms with van der Waals surface area (Å²) < 4.78 is 10.1. The summed E-state index contributed by atoms with van der Waals surface area (Å²) in [6, 6.07) is 8.56. The molecule has 0 radical (unpaired) electrons. The van der Waals surface area contributed by atoms with E-state index in [0.717, 1.165) is 34.6 Å². The number of urea groups is 1. The van der Waals surface area contributed by atoms with Crippen molar-refractivity contribution in [3.63, 3.8) is 0 Å². The van der Waals surface area contributed by atoms with Gasteiger partial charge < -0.3 is 20.1 Å². The van der Waals surface area contributed by atoms with Gasteiger partial charge in [-0.3, -0.25) is 19.3 Å². The Morgan fingerprint density at radius 3 is 2.51 bits per heavy atom. The number of ether oxygens (including phenoxy) is 2. The molecule has 1 spiro atoms. The van der Waals surface area contributed by atoms with E-state index in [-0.39, 0.29) is 17.2 Å². The van der Waals surface area contributed by atoms with Gasteiger partial charge in [-0.05, 0) is 25.3 Å². The lowest BCUT2D eigenvalue weighted by Crippen LogP contribution is -2.44. The van der Waals surface area contributed by atoms with Crippen LogP contribution in [0, 0.1) is 0 Å². The summed E-state index contributed by atoms with van der Waals surface area (Å²) in [7, 11) is 0. The van der Waals surface area contributed by atoms with Gasteiger partial charge in [0.25, 0.3) is 11.8 Å². The van der Waals surface area contributed by atoms with Gasteiger partial charge in [0.05, 0.1) is 6.61 Å². The Balaban J connectivity index is 1.38. The summed E-state index contributed by atoms with van der Waals surface area (Å²) >= 11 is 1.15. The molecule has 35 heavy (non-hydrogen) atoms. The third kappa shape index (κ3) is 5.04. The Hall–Kier alpha value is -3.73. The minimum Gasteiger partial charge on any atom is -0.462 e. The zero-order valence-corrected chi connectivity index (χ0v) is 19.9. The first-order chi connectivity index (χ1) is 16.8. The molecule has 1 saturated heterocycles. The molecular weight excluding hydrogens is 474 g/mol. The number of nitrogens with zero attached hydrogens (tertiary/aromatic N) is 1. The van der Waals surface area contributed by atoms with E-state index in [1.54, 1.807) is 12.3 Å². The zero-order chi connectivity index (χ0) is 25.0. The van der Waals surface area contributed by atoms with Crippen LogP contribution in [0.15, 0.2) is 35.7 Å². The number of amides is 4. The van der Waals surface area contributed by atoms with E-state index >= 15 is 0 Å². The number of carbonyl (C=O) groups is 5. The predicted molar refractivity (Wildman–Crippen MR) is 127 cm³/mol. The zero-order valence-electron chi connectivity index (χ0n) is 19.1. The van der Waals surface area contributed by atoms with Gasteiger partial charge in [0.2, 0.25) is 0 Å². The highest BCUT2D eigenvalue weighted by Crippen LogP contribution is 2.36. The number of imide groups is 1.